The highest BCUT2D eigenvalue weighted by molar-refractivity contribution is 5.70. The third-order valence-electron chi connectivity index (χ3n) is 2.77. The fraction of sp³-hybridized carbons (Fsp3) is 0.167. The monoisotopic (exact) mass is 277 g/mol. The van der Waals surface area contributed by atoms with Gasteiger partial charge in [-0.2, -0.15) is 4.98 Å². The molecule has 0 atom stereocenters. The summed E-state index contributed by atoms with van der Waals surface area (Å²) in [6.45, 7) is 1.45. The number of halogens is 1. The molecule has 1 heterocycles. The molecule has 20 heavy (non-hydrogen) atoms. The van der Waals surface area contributed by atoms with Crippen molar-refractivity contribution < 1.29 is 9.31 Å². The van der Waals surface area contributed by atoms with Crippen LogP contribution in [0, 0.1) is 22.9 Å². The van der Waals surface area contributed by atoms with E-state index in [-0.39, 0.29) is 28.8 Å². The fourth-order valence-electron chi connectivity index (χ4n) is 1.86. The zero-order valence-corrected chi connectivity index (χ0v) is 10.9. The number of benzene rings is 1. The quantitative estimate of drug-likeness (QED) is 0.682. The van der Waals surface area contributed by atoms with Gasteiger partial charge in [-0.05, 0) is 19.1 Å². The van der Waals surface area contributed by atoms with Crippen molar-refractivity contribution in [2.45, 2.75) is 6.92 Å². The minimum atomic E-state index is -0.610. The molecule has 0 saturated carbocycles. The number of aryl methyl sites for hydroxylation is 1. The van der Waals surface area contributed by atoms with Crippen LogP contribution in [0.3, 0.4) is 0 Å². The number of hydrogen-bond donors (Lipinski definition) is 1. The minimum Gasteiger partial charge on any atom is -0.368 e. The first kappa shape index (κ1) is 13.7. The van der Waals surface area contributed by atoms with Crippen molar-refractivity contribution in [1.29, 1.82) is 0 Å². The maximum Gasteiger partial charge on any atom is 0.333 e. The van der Waals surface area contributed by atoms with E-state index in [1.54, 1.807) is 6.07 Å². The average Bonchev–Trinajstić information content (AvgIpc) is 2.37. The second kappa shape index (κ2) is 5.08. The summed E-state index contributed by atoms with van der Waals surface area (Å²) < 4.78 is 13.8. The number of nitrogen functional groups attached to an aromatic ring is 1. The highest BCUT2D eigenvalue weighted by Crippen LogP contribution is 2.33. The van der Waals surface area contributed by atoms with Crippen molar-refractivity contribution in [3.05, 3.63) is 45.9 Å². The minimum absolute atomic E-state index is 0.0508. The van der Waals surface area contributed by atoms with E-state index in [1.807, 2.05) is 0 Å². The number of aromatic nitrogens is 2. The van der Waals surface area contributed by atoms with E-state index in [0.717, 1.165) is 0 Å². The molecule has 0 aliphatic rings. The number of nitrogens with two attached hydrogens (primary N) is 1. The number of nitrogens with zero attached hydrogens (tertiary/aromatic N) is 4. The third kappa shape index (κ3) is 2.35. The van der Waals surface area contributed by atoms with Gasteiger partial charge >= 0.3 is 5.69 Å². The maximum atomic E-state index is 13.8. The predicted octanol–water partition coefficient (Wildman–Crippen LogP) is 2.18. The Kier molecular flexibility index (Phi) is 3.47. The summed E-state index contributed by atoms with van der Waals surface area (Å²) in [6, 6.07) is 5.90. The molecule has 0 bridgehead atoms. The molecule has 0 fully saturated rings. The second-order valence-corrected chi connectivity index (χ2v) is 4.11. The van der Waals surface area contributed by atoms with Crippen molar-refractivity contribution in [2.75, 3.05) is 17.7 Å². The standard InChI is InChI=1S/C12H12FN5O2/c1-7-10(18(19)20)11(16-12(14)15-7)17(2)9-6-4-3-5-8(9)13/h3-6H,1-2H3,(H2,14,15,16). The Morgan fingerprint density at radius 2 is 2.00 bits per heavy atom. The molecular weight excluding hydrogens is 265 g/mol. The van der Waals surface area contributed by atoms with Crippen LogP contribution >= 0.6 is 0 Å². The second-order valence-electron chi connectivity index (χ2n) is 4.11. The van der Waals surface area contributed by atoms with Crippen molar-refractivity contribution in [1.82, 2.24) is 9.97 Å². The summed E-state index contributed by atoms with van der Waals surface area (Å²) in [5.74, 6) is -0.671. The number of para-hydroxylation sites is 1. The molecule has 0 unspecified atom stereocenters. The Balaban J connectivity index is 2.63. The fourth-order valence-corrected chi connectivity index (χ4v) is 1.86. The van der Waals surface area contributed by atoms with E-state index in [1.165, 1.54) is 37.1 Å². The van der Waals surface area contributed by atoms with Crippen LogP contribution < -0.4 is 10.6 Å². The smallest absolute Gasteiger partial charge is 0.333 e. The van der Waals surface area contributed by atoms with Crippen LogP contribution in [0.15, 0.2) is 24.3 Å². The Bertz CT molecular complexity index is 677. The average molecular weight is 277 g/mol. The van der Waals surface area contributed by atoms with Crippen LogP contribution in [0.1, 0.15) is 5.69 Å². The van der Waals surface area contributed by atoms with Gasteiger partial charge in [-0.1, -0.05) is 12.1 Å². The number of rotatable bonds is 3. The molecule has 7 nitrogen and oxygen atoms in total. The molecule has 1 aromatic heterocycles. The van der Waals surface area contributed by atoms with E-state index in [2.05, 4.69) is 9.97 Å². The van der Waals surface area contributed by atoms with Gasteiger partial charge in [0.1, 0.15) is 11.5 Å². The molecule has 0 spiro atoms. The van der Waals surface area contributed by atoms with Crippen molar-refractivity contribution in [2.24, 2.45) is 0 Å². The van der Waals surface area contributed by atoms with Gasteiger partial charge in [-0.3, -0.25) is 10.1 Å². The van der Waals surface area contributed by atoms with Crippen LogP contribution in [0.4, 0.5) is 27.5 Å². The Morgan fingerprint density at radius 3 is 2.60 bits per heavy atom. The van der Waals surface area contributed by atoms with E-state index < -0.39 is 10.7 Å². The first-order valence-corrected chi connectivity index (χ1v) is 5.68. The van der Waals surface area contributed by atoms with Crippen molar-refractivity contribution in [3.8, 4) is 0 Å². The first-order valence-electron chi connectivity index (χ1n) is 5.68. The molecule has 0 amide bonds. The summed E-state index contributed by atoms with van der Waals surface area (Å²) in [4.78, 5) is 19.4. The lowest BCUT2D eigenvalue weighted by atomic mass is 10.2. The van der Waals surface area contributed by atoms with Gasteiger partial charge in [0.15, 0.2) is 0 Å². The molecule has 2 rings (SSSR count). The third-order valence-corrected chi connectivity index (χ3v) is 2.77. The van der Waals surface area contributed by atoms with E-state index in [0.29, 0.717) is 0 Å². The molecule has 1 aromatic carbocycles. The highest BCUT2D eigenvalue weighted by Gasteiger charge is 2.26. The Labute approximate surface area is 114 Å². The molecule has 0 aliphatic heterocycles. The number of nitro groups is 1. The number of hydrogen-bond acceptors (Lipinski definition) is 6. The van der Waals surface area contributed by atoms with Crippen molar-refractivity contribution >= 4 is 23.1 Å². The van der Waals surface area contributed by atoms with Gasteiger partial charge in [-0.25, -0.2) is 9.37 Å². The van der Waals surface area contributed by atoms with Gasteiger partial charge in [0, 0.05) is 7.05 Å². The normalized spacial score (nSPS) is 10.3. The lowest BCUT2D eigenvalue weighted by molar-refractivity contribution is -0.385. The van der Waals surface area contributed by atoms with E-state index in [9.17, 15) is 14.5 Å². The zero-order valence-electron chi connectivity index (χ0n) is 10.9. The van der Waals surface area contributed by atoms with E-state index in [4.69, 9.17) is 5.73 Å². The lowest BCUT2D eigenvalue weighted by Crippen LogP contribution is -2.17. The van der Waals surface area contributed by atoms with Crippen LogP contribution in [0.25, 0.3) is 0 Å². The summed E-state index contributed by atoms with van der Waals surface area (Å²) in [7, 11) is 1.48. The summed E-state index contributed by atoms with van der Waals surface area (Å²) in [5, 5.41) is 11.1. The predicted molar refractivity (Wildman–Crippen MR) is 72.3 cm³/mol. The molecular formula is C12H12FN5O2. The molecule has 104 valence electrons. The molecule has 2 N–H and O–H groups in total. The van der Waals surface area contributed by atoms with E-state index >= 15 is 0 Å². The zero-order chi connectivity index (χ0) is 14.9. The lowest BCUT2D eigenvalue weighted by Gasteiger charge is -2.19. The molecule has 8 heteroatoms. The largest absolute Gasteiger partial charge is 0.368 e. The molecule has 0 saturated heterocycles. The summed E-state index contributed by atoms with van der Waals surface area (Å²) in [5.41, 5.74) is 5.50. The molecule has 0 aliphatic carbocycles. The van der Waals surface area contributed by atoms with Crippen LogP contribution in [0.2, 0.25) is 0 Å². The van der Waals surface area contributed by atoms with Crippen LogP contribution in [-0.4, -0.2) is 21.9 Å². The van der Waals surface area contributed by atoms with Gasteiger partial charge in [0.25, 0.3) is 0 Å². The number of anilines is 3. The van der Waals surface area contributed by atoms with Crippen LogP contribution in [-0.2, 0) is 0 Å². The topological polar surface area (TPSA) is 98.2 Å². The molecule has 2 aromatic rings. The van der Waals surface area contributed by atoms with Gasteiger partial charge < -0.3 is 10.6 Å². The Hall–Kier alpha value is -2.77. The van der Waals surface area contributed by atoms with Crippen LogP contribution in [0.5, 0.6) is 0 Å². The van der Waals surface area contributed by atoms with Gasteiger partial charge in [0.2, 0.25) is 11.8 Å². The van der Waals surface area contributed by atoms with Gasteiger partial charge in [0.05, 0.1) is 10.6 Å². The summed E-state index contributed by atoms with van der Waals surface area (Å²) in [6.07, 6.45) is 0. The maximum absolute atomic E-state index is 13.8. The Morgan fingerprint density at radius 1 is 1.35 bits per heavy atom. The first-order chi connectivity index (χ1) is 9.41. The summed E-state index contributed by atoms with van der Waals surface area (Å²) >= 11 is 0. The van der Waals surface area contributed by atoms with Gasteiger partial charge in [-0.15, -0.1) is 0 Å². The SMILES string of the molecule is Cc1nc(N)nc(N(C)c2ccccc2F)c1[N+](=O)[O-]. The highest BCUT2D eigenvalue weighted by atomic mass is 19.1. The molecule has 0 radical (unpaired) electrons. The van der Waals surface area contributed by atoms with Crippen molar-refractivity contribution in [3.63, 3.8) is 0 Å².